The van der Waals surface area contributed by atoms with Crippen LogP contribution < -0.4 is 0 Å². The van der Waals surface area contributed by atoms with Crippen molar-refractivity contribution in [2.75, 3.05) is 13.2 Å². The van der Waals surface area contributed by atoms with Crippen molar-refractivity contribution in [3.63, 3.8) is 0 Å². The van der Waals surface area contributed by atoms with Gasteiger partial charge in [0.15, 0.2) is 0 Å². The highest BCUT2D eigenvalue weighted by atomic mass is 16.3. The van der Waals surface area contributed by atoms with E-state index in [1.54, 1.807) is 0 Å². The average Bonchev–Trinajstić information content (AvgIpc) is 2.96. The van der Waals surface area contributed by atoms with Crippen LogP contribution >= 0.6 is 0 Å². The van der Waals surface area contributed by atoms with E-state index in [2.05, 4.69) is 53.4 Å². The Morgan fingerprint density at radius 2 is 1.65 bits per heavy atom. The van der Waals surface area contributed by atoms with Crippen LogP contribution in [0, 0.1) is 0 Å². The predicted molar refractivity (Wildman–Crippen MR) is 82.4 cm³/mol. The highest BCUT2D eigenvalue weighted by molar-refractivity contribution is 5.63. The van der Waals surface area contributed by atoms with Gasteiger partial charge in [0.05, 0.1) is 6.61 Å². The second kappa shape index (κ2) is 6.21. The number of hydrogen-bond donors (Lipinski definition) is 1. The van der Waals surface area contributed by atoms with Crippen LogP contribution in [0.1, 0.15) is 18.4 Å². The van der Waals surface area contributed by atoms with Crippen molar-refractivity contribution in [3.05, 3.63) is 60.2 Å². The lowest BCUT2D eigenvalue weighted by Gasteiger charge is -2.22. The summed E-state index contributed by atoms with van der Waals surface area (Å²) in [4.78, 5) is 2.39. The van der Waals surface area contributed by atoms with Crippen LogP contribution in [0.4, 0.5) is 0 Å². The molecule has 20 heavy (non-hydrogen) atoms. The van der Waals surface area contributed by atoms with Crippen LogP contribution in [0.5, 0.6) is 0 Å². The molecule has 0 amide bonds. The van der Waals surface area contributed by atoms with Crippen LogP contribution in [0.15, 0.2) is 54.6 Å². The number of rotatable bonds is 4. The van der Waals surface area contributed by atoms with Crippen LogP contribution in [0.2, 0.25) is 0 Å². The second-order valence-electron chi connectivity index (χ2n) is 5.51. The summed E-state index contributed by atoms with van der Waals surface area (Å²) in [5.74, 6) is 0. The van der Waals surface area contributed by atoms with Crippen LogP contribution in [0.3, 0.4) is 0 Å². The molecular formula is C18H21NO. The van der Waals surface area contributed by atoms with Crippen molar-refractivity contribution in [1.29, 1.82) is 0 Å². The Kier molecular flexibility index (Phi) is 4.14. The summed E-state index contributed by atoms with van der Waals surface area (Å²) in [6.45, 7) is 2.33. The van der Waals surface area contributed by atoms with Crippen molar-refractivity contribution in [3.8, 4) is 11.1 Å². The van der Waals surface area contributed by atoms with Crippen molar-refractivity contribution in [1.82, 2.24) is 4.90 Å². The third-order valence-electron chi connectivity index (χ3n) is 4.16. The fourth-order valence-electron chi connectivity index (χ4n) is 2.98. The Bertz CT molecular complexity index is 535. The maximum atomic E-state index is 9.37. The molecule has 1 aliphatic rings. The van der Waals surface area contributed by atoms with E-state index in [0.717, 1.165) is 19.5 Å². The predicted octanol–water partition coefficient (Wildman–Crippen LogP) is 3.31. The number of benzene rings is 2. The zero-order chi connectivity index (χ0) is 13.8. The first-order chi connectivity index (χ1) is 9.86. The average molecular weight is 267 g/mol. The van der Waals surface area contributed by atoms with Gasteiger partial charge in [0.25, 0.3) is 0 Å². The minimum absolute atomic E-state index is 0.280. The molecule has 1 atom stereocenters. The molecule has 104 valence electrons. The maximum Gasteiger partial charge on any atom is 0.0587 e. The summed E-state index contributed by atoms with van der Waals surface area (Å²) in [6.07, 6.45) is 2.33. The molecule has 1 heterocycles. The summed E-state index contributed by atoms with van der Waals surface area (Å²) < 4.78 is 0. The minimum atomic E-state index is 0.280. The fraction of sp³-hybridized carbons (Fsp3) is 0.333. The smallest absolute Gasteiger partial charge is 0.0587 e. The SMILES string of the molecule is OC[C@@H]1CCCN1Cc1ccc(-c2ccccc2)cc1. The molecule has 2 heteroatoms. The van der Waals surface area contributed by atoms with E-state index in [1.807, 2.05) is 6.07 Å². The molecule has 0 aromatic heterocycles. The van der Waals surface area contributed by atoms with Gasteiger partial charge in [-0.1, -0.05) is 54.6 Å². The Hall–Kier alpha value is -1.64. The van der Waals surface area contributed by atoms with E-state index in [0.29, 0.717) is 6.04 Å². The molecule has 1 saturated heterocycles. The zero-order valence-electron chi connectivity index (χ0n) is 11.7. The summed E-state index contributed by atoms with van der Waals surface area (Å²) in [6, 6.07) is 19.6. The summed E-state index contributed by atoms with van der Waals surface area (Å²) in [5.41, 5.74) is 3.84. The third-order valence-corrected chi connectivity index (χ3v) is 4.16. The van der Waals surface area contributed by atoms with Gasteiger partial charge in [0, 0.05) is 12.6 Å². The number of aliphatic hydroxyl groups is 1. The maximum absolute atomic E-state index is 9.37. The third kappa shape index (κ3) is 2.92. The highest BCUT2D eigenvalue weighted by Crippen LogP contribution is 2.22. The molecule has 0 spiro atoms. The van der Waals surface area contributed by atoms with Crippen molar-refractivity contribution >= 4 is 0 Å². The minimum Gasteiger partial charge on any atom is -0.395 e. The van der Waals surface area contributed by atoms with E-state index in [-0.39, 0.29) is 6.61 Å². The standard InChI is InChI=1S/C18H21NO/c20-14-18-7-4-12-19(18)13-15-8-10-17(11-9-15)16-5-2-1-3-6-16/h1-3,5-6,8-11,18,20H,4,7,12-14H2/t18-/m0/s1. The lowest BCUT2D eigenvalue weighted by molar-refractivity contribution is 0.153. The molecule has 0 radical (unpaired) electrons. The first kappa shape index (κ1) is 13.3. The number of nitrogens with zero attached hydrogens (tertiary/aromatic N) is 1. The molecule has 3 rings (SSSR count). The number of aliphatic hydroxyl groups excluding tert-OH is 1. The van der Waals surface area contributed by atoms with Gasteiger partial charge in [0.2, 0.25) is 0 Å². The second-order valence-corrected chi connectivity index (χ2v) is 5.51. The van der Waals surface area contributed by atoms with Gasteiger partial charge in [-0.2, -0.15) is 0 Å². The number of hydrogen-bond acceptors (Lipinski definition) is 2. The molecular weight excluding hydrogens is 246 g/mol. The Balaban J connectivity index is 1.70. The molecule has 0 unspecified atom stereocenters. The van der Waals surface area contributed by atoms with E-state index >= 15 is 0 Å². The number of likely N-dealkylation sites (tertiary alicyclic amines) is 1. The Morgan fingerprint density at radius 1 is 0.950 bits per heavy atom. The largest absolute Gasteiger partial charge is 0.395 e. The van der Waals surface area contributed by atoms with Crippen molar-refractivity contribution in [2.24, 2.45) is 0 Å². The summed E-state index contributed by atoms with van der Waals surface area (Å²) >= 11 is 0. The molecule has 2 aromatic rings. The van der Waals surface area contributed by atoms with Gasteiger partial charge in [-0.25, -0.2) is 0 Å². The van der Waals surface area contributed by atoms with Gasteiger partial charge >= 0.3 is 0 Å². The van der Waals surface area contributed by atoms with Crippen LogP contribution in [-0.2, 0) is 6.54 Å². The first-order valence-corrected chi connectivity index (χ1v) is 7.36. The van der Waals surface area contributed by atoms with Gasteiger partial charge in [-0.05, 0) is 36.1 Å². The van der Waals surface area contributed by atoms with Gasteiger partial charge in [-0.3, -0.25) is 4.90 Å². The monoisotopic (exact) mass is 267 g/mol. The van der Waals surface area contributed by atoms with Crippen LogP contribution in [-0.4, -0.2) is 29.2 Å². The first-order valence-electron chi connectivity index (χ1n) is 7.36. The highest BCUT2D eigenvalue weighted by Gasteiger charge is 2.23. The topological polar surface area (TPSA) is 23.5 Å². The molecule has 0 saturated carbocycles. The molecule has 1 N–H and O–H groups in total. The molecule has 2 nitrogen and oxygen atoms in total. The van der Waals surface area contributed by atoms with Gasteiger partial charge in [0.1, 0.15) is 0 Å². The molecule has 0 aliphatic carbocycles. The molecule has 1 aliphatic heterocycles. The van der Waals surface area contributed by atoms with Gasteiger partial charge < -0.3 is 5.11 Å². The normalized spacial score (nSPS) is 19.4. The molecule has 1 fully saturated rings. The Labute approximate surface area is 120 Å². The fourth-order valence-corrected chi connectivity index (χ4v) is 2.98. The van der Waals surface area contributed by atoms with E-state index in [4.69, 9.17) is 0 Å². The molecule has 2 aromatic carbocycles. The summed E-state index contributed by atoms with van der Waals surface area (Å²) in [7, 11) is 0. The van der Waals surface area contributed by atoms with Crippen LogP contribution in [0.25, 0.3) is 11.1 Å². The van der Waals surface area contributed by atoms with E-state index in [1.165, 1.54) is 23.1 Å². The van der Waals surface area contributed by atoms with Crippen molar-refractivity contribution in [2.45, 2.75) is 25.4 Å². The van der Waals surface area contributed by atoms with E-state index < -0.39 is 0 Å². The summed E-state index contributed by atoms with van der Waals surface area (Å²) in [5, 5.41) is 9.37. The quantitative estimate of drug-likeness (QED) is 0.918. The lowest BCUT2D eigenvalue weighted by Crippen LogP contribution is -2.31. The Morgan fingerprint density at radius 3 is 2.35 bits per heavy atom. The lowest BCUT2D eigenvalue weighted by atomic mass is 10.0. The molecule has 0 bridgehead atoms. The van der Waals surface area contributed by atoms with Gasteiger partial charge in [-0.15, -0.1) is 0 Å². The van der Waals surface area contributed by atoms with Crippen molar-refractivity contribution < 1.29 is 5.11 Å². The van der Waals surface area contributed by atoms with E-state index in [9.17, 15) is 5.11 Å². The zero-order valence-corrected chi connectivity index (χ0v) is 11.7.